The molecule has 4 nitrogen and oxygen atoms in total. The highest BCUT2D eigenvalue weighted by Crippen LogP contribution is 2.23. The van der Waals surface area contributed by atoms with Gasteiger partial charge in [0.15, 0.2) is 0 Å². The maximum absolute atomic E-state index is 8.99. The summed E-state index contributed by atoms with van der Waals surface area (Å²) in [6.45, 7) is 2.81. The van der Waals surface area contributed by atoms with E-state index < -0.39 is 0 Å². The summed E-state index contributed by atoms with van der Waals surface area (Å²) in [5.41, 5.74) is 1.74. The Kier molecular flexibility index (Phi) is 4.78. The molecule has 1 atom stereocenters. The van der Waals surface area contributed by atoms with Crippen LogP contribution in [0.5, 0.6) is 5.75 Å². The molecule has 0 N–H and O–H groups in total. The van der Waals surface area contributed by atoms with Gasteiger partial charge in [-0.15, -0.1) is 0 Å². The van der Waals surface area contributed by atoms with E-state index in [4.69, 9.17) is 14.7 Å². The molecule has 0 bridgehead atoms. The molecule has 1 aromatic carbocycles. The van der Waals surface area contributed by atoms with Crippen molar-refractivity contribution >= 4 is 0 Å². The lowest BCUT2D eigenvalue weighted by atomic mass is 10.1. The maximum Gasteiger partial charge on any atom is 0.123 e. The van der Waals surface area contributed by atoms with Gasteiger partial charge in [0.2, 0.25) is 0 Å². The van der Waals surface area contributed by atoms with Crippen LogP contribution in [0.1, 0.15) is 24.0 Å². The second kappa shape index (κ2) is 6.55. The lowest BCUT2D eigenvalue weighted by Crippen LogP contribution is -2.38. The Bertz CT molecular complexity index is 468. The molecule has 102 valence electrons. The van der Waals surface area contributed by atoms with E-state index in [9.17, 15) is 0 Å². The number of hydrogen-bond donors (Lipinski definition) is 0. The number of ether oxygens (including phenoxy) is 2. The highest BCUT2D eigenvalue weighted by Gasteiger charge is 2.20. The SMILES string of the molecule is COc1ccc(C#N)cc1CN1CCCC(OC)C1. The van der Waals surface area contributed by atoms with Crippen molar-refractivity contribution in [2.24, 2.45) is 0 Å². The van der Waals surface area contributed by atoms with E-state index in [0.29, 0.717) is 11.7 Å². The lowest BCUT2D eigenvalue weighted by Gasteiger charge is -2.32. The molecule has 0 radical (unpaired) electrons. The third-order valence-corrected chi connectivity index (χ3v) is 3.60. The van der Waals surface area contributed by atoms with Crippen molar-refractivity contribution in [1.29, 1.82) is 5.26 Å². The minimum absolute atomic E-state index is 0.318. The summed E-state index contributed by atoms with van der Waals surface area (Å²) in [4.78, 5) is 2.36. The van der Waals surface area contributed by atoms with Crippen LogP contribution < -0.4 is 4.74 Å². The number of nitriles is 1. The van der Waals surface area contributed by atoms with E-state index in [0.717, 1.165) is 43.8 Å². The van der Waals surface area contributed by atoms with E-state index in [1.165, 1.54) is 0 Å². The molecule has 0 amide bonds. The number of hydrogen-bond acceptors (Lipinski definition) is 4. The van der Waals surface area contributed by atoms with E-state index in [1.54, 1.807) is 20.3 Å². The third-order valence-electron chi connectivity index (χ3n) is 3.60. The fourth-order valence-electron chi connectivity index (χ4n) is 2.56. The van der Waals surface area contributed by atoms with Gasteiger partial charge in [0.1, 0.15) is 5.75 Å². The van der Waals surface area contributed by atoms with E-state index in [-0.39, 0.29) is 0 Å². The van der Waals surface area contributed by atoms with Gasteiger partial charge in [0.25, 0.3) is 0 Å². The molecular weight excluding hydrogens is 240 g/mol. The van der Waals surface area contributed by atoms with Crippen molar-refractivity contribution in [3.05, 3.63) is 29.3 Å². The Morgan fingerprint density at radius 2 is 2.26 bits per heavy atom. The Hall–Kier alpha value is -1.57. The Morgan fingerprint density at radius 3 is 2.95 bits per heavy atom. The molecule has 0 aromatic heterocycles. The summed E-state index contributed by atoms with van der Waals surface area (Å²) in [7, 11) is 3.43. The Labute approximate surface area is 114 Å². The van der Waals surface area contributed by atoms with E-state index in [1.807, 2.05) is 12.1 Å². The van der Waals surface area contributed by atoms with Crippen LogP contribution in [0.2, 0.25) is 0 Å². The average molecular weight is 260 g/mol. The van der Waals surface area contributed by atoms with E-state index >= 15 is 0 Å². The first-order chi connectivity index (χ1) is 9.26. The summed E-state index contributed by atoms with van der Waals surface area (Å²) in [5, 5.41) is 8.99. The molecule has 4 heteroatoms. The number of piperidine rings is 1. The first-order valence-electron chi connectivity index (χ1n) is 6.59. The second-order valence-corrected chi connectivity index (χ2v) is 4.87. The molecule has 2 rings (SSSR count). The third kappa shape index (κ3) is 3.46. The minimum atomic E-state index is 0.318. The summed E-state index contributed by atoms with van der Waals surface area (Å²) >= 11 is 0. The molecule has 1 fully saturated rings. The van der Waals surface area contributed by atoms with Crippen molar-refractivity contribution < 1.29 is 9.47 Å². The van der Waals surface area contributed by atoms with Crippen LogP contribution in [-0.2, 0) is 11.3 Å². The van der Waals surface area contributed by atoms with E-state index in [2.05, 4.69) is 11.0 Å². The molecule has 1 unspecified atom stereocenters. The summed E-state index contributed by atoms with van der Waals surface area (Å²) in [6.07, 6.45) is 2.60. The fourth-order valence-corrected chi connectivity index (χ4v) is 2.56. The van der Waals surface area contributed by atoms with Crippen LogP contribution in [-0.4, -0.2) is 38.3 Å². The first-order valence-corrected chi connectivity index (χ1v) is 6.59. The van der Waals surface area contributed by atoms with Crippen LogP contribution >= 0.6 is 0 Å². The normalized spacial score (nSPS) is 19.9. The Balaban J connectivity index is 2.11. The van der Waals surface area contributed by atoms with Gasteiger partial charge in [-0.05, 0) is 37.6 Å². The number of likely N-dealkylation sites (tertiary alicyclic amines) is 1. The molecule has 0 spiro atoms. The summed E-state index contributed by atoms with van der Waals surface area (Å²) < 4.78 is 10.8. The zero-order chi connectivity index (χ0) is 13.7. The maximum atomic E-state index is 8.99. The van der Waals surface area contributed by atoms with Crippen molar-refractivity contribution in [3.8, 4) is 11.8 Å². The largest absolute Gasteiger partial charge is 0.496 e. The van der Waals surface area contributed by atoms with Gasteiger partial charge >= 0.3 is 0 Å². The van der Waals surface area contributed by atoms with Gasteiger partial charge in [-0.25, -0.2) is 0 Å². The fraction of sp³-hybridized carbons (Fsp3) is 0.533. The van der Waals surface area contributed by atoms with Crippen LogP contribution in [0.15, 0.2) is 18.2 Å². The topological polar surface area (TPSA) is 45.5 Å². The van der Waals surface area contributed by atoms with Crippen LogP contribution in [0.3, 0.4) is 0 Å². The molecule has 1 aliphatic rings. The van der Waals surface area contributed by atoms with Gasteiger partial charge in [0.05, 0.1) is 24.8 Å². The zero-order valence-corrected chi connectivity index (χ0v) is 11.6. The predicted molar refractivity (Wildman–Crippen MR) is 73.0 cm³/mol. The number of benzene rings is 1. The molecule has 0 aliphatic carbocycles. The number of rotatable bonds is 4. The summed E-state index contributed by atoms with van der Waals surface area (Å²) in [5.74, 6) is 0.846. The molecule has 1 heterocycles. The van der Waals surface area contributed by atoms with Gasteiger partial charge in [-0.3, -0.25) is 4.90 Å². The second-order valence-electron chi connectivity index (χ2n) is 4.87. The highest BCUT2D eigenvalue weighted by atomic mass is 16.5. The summed E-state index contributed by atoms with van der Waals surface area (Å²) in [6, 6.07) is 7.74. The van der Waals surface area contributed by atoms with Crippen LogP contribution in [0.25, 0.3) is 0 Å². The zero-order valence-electron chi connectivity index (χ0n) is 11.6. The highest BCUT2D eigenvalue weighted by molar-refractivity contribution is 5.42. The predicted octanol–water partition coefficient (Wildman–Crippen LogP) is 2.18. The monoisotopic (exact) mass is 260 g/mol. The molecule has 1 aromatic rings. The van der Waals surface area contributed by atoms with Crippen molar-refractivity contribution in [3.63, 3.8) is 0 Å². The molecule has 1 saturated heterocycles. The number of methoxy groups -OCH3 is 2. The van der Waals surface area contributed by atoms with Crippen LogP contribution in [0, 0.1) is 11.3 Å². The molecule has 0 saturated carbocycles. The lowest BCUT2D eigenvalue weighted by molar-refractivity contribution is 0.0283. The average Bonchev–Trinajstić information content (AvgIpc) is 2.47. The molecular formula is C15H20N2O2. The number of nitrogens with zero attached hydrogens (tertiary/aromatic N) is 2. The van der Waals surface area contributed by atoms with Crippen molar-refractivity contribution in [2.45, 2.75) is 25.5 Å². The first kappa shape index (κ1) is 13.9. The van der Waals surface area contributed by atoms with Gasteiger partial charge < -0.3 is 9.47 Å². The molecule has 19 heavy (non-hydrogen) atoms. The van der Waals surface area contributed by atoms with Gasteiger partial charge in [-0.2, -0.15) is 5.26 Å². The molecule has 1 aliphatic heterocycles. The van der Waals surface area contributed by atoms with Crippen molar-refractivity contribution in [1.82, 2.24) is 4.90 Å². The Morgan fingerprint density at radius 1 is 1.42 bits per heavy atom. The van der Waals surface area contributed by atoms with Crippen molar-refractivity contribution in [2.75, 3.05) is 27.3 Å². The quantitative estimate of drug-likeness (QED) is 0.832. The van der Waals surface area contributed by atoms with Gasteiger partial charge in [-0.1, -0.05) is 0 Å². The standard InChI is InChI=1S/C15H20N2O2/c1-18-14-4-3-7-17(11-14)10-13-8-12(9-16)5-6-15(13)19-2/h5-6,8,14H,3-4,7,10-11H2,1-2H3. The van der Waals surface area contributed by atoms with Gasteiger partial charge in [0, 0.05) is 25.8 Å². The smallest absolute Gasteiger partial charge is 0.123 e. The minimum Gasteiger partial charge on any atom is -0.496 e. The van der Waals surface area contributed by atoms with Crippen LogP contribution in [0.4, 0.5) is 0 Å².